The standard InChI is InChI=1S/C17H19N3O/c1-12-6-8-14(9-7-12)21-11-10-20-13(2)19-17-15(18)4-3-5-16(17)20/h3-9H,10-11,18H2,1-2H3. The molecule has 0 saturated heterocycles. The van der Waals surface area contributed by atoms with Gasteiger partial charge in [0.2, 0.25) is 0 Å². The summed E-state index contributed by atoms with van der Waals surface area (Å²) in [6, 6.07) is 14.0. The lowest BCUT2D eigenvalue weighted by Gasteiger charge is -2.09. The van der Waals surface area contributed by atoms with Crippen LogP contribution in [0.5, 0.6) is 5.75 Å². The predicted octanol–water partition coefficient (Wildman–Crippen LogP) is 3.31. The van der Waals surface area contributed by atoms with Crippen molar-refractivity contribution >= 4 is 16.7 Å². The van der Waals surface area contributed by atoms with E-state index in [-0.39, 0.29) is 0 Å². The fraction of sp³-hybridized carbons (Fsp3) is 0.235. The van der Waals surface area contributed by atoms with Gasteiger partial charge in [-0.3, -0.25) is 0 Å². The van der Waals surface area contributed by atoms with E-state index < -0.39 is 0 Å². The third kappa shape index (κ3) is 2.70. The number of hydrogen-bond acceptors (Lipinski definition) is 3. The minimum Gasteiger partial charge on any atom is -0.492 e. The normalized spacial score (nSPS) is 11.0. The Hall–Kier alpha value is -2.49. The van der Waals surface area contributed by atoms with E-state index in [2.05, 4.69) is 16.5 Å². The molecule has 0 aliphatic rings. The second kappa shape index (κ2) is 5.48. The number of fused-ring (bicyclic) bond motifs is 1. The molecule has 0 fully saturated rings. The van der Waals surface area contributed by atoms with Crippen molar-refractivity contribution in [2.24, 2.45) is 0 Å². The zero-order chi connectivity index (χ0) is 14.8. The Labute approximate surface area is 124 Å². The molecule has 4 nitrogen and oxygen atoms in total. The number of nitrogens with two attached hydrogens (primary N) is 1. The molecule has 4 heteroatoms. The van der Waals surface area contributed by atoms with Crippen molar-refractivity contribution in [1.82, 2.24) is 9.55 Å². The van der Waals surface area contributed by atoms with Crippen LogP contribution in [-0.4, -0.2) is 16.2 Å². The third-order valence-corrected chi connectivity index (χ3v) is 3.61. The summed E-state index contributed by atoms with van der Waals surface area (Å²) in [5, 5.41) is 0. The summed E-state index contributed by atoms with van der Waals surface area (Å²) in [6.45, 7) is 5.41. The molecule has 1 heterocycles. The number of para-hydroxylation sites is 1. The monoisotopic (exact) mass is 281 g/mol. The van der Waals surface area contributed by atoms with E-state index in [0.29, 0.717) is 12.3 Å². The van der Waals surface area contributed by atoms with Crippen molar-refractivity contribution in [3.8, 4) is 5.75 Å². The minimum atomic E-state index is 0.601. The number of aromatic nitrogens is 2. The van der Waals surface area contributed by atoms with Crippen molar-refractivity contribution in [3.63, 3.8) is 0 Å². The Morgan fingerprint density at radius 3 is 2.62 bits per heavy atom. The molecule has 0 atom stereocenters. The first kappa shape index (κ1) is 13.5. The summed E-state index contributed by atoms with van der Waals surface area (Å²) in [5.74, 6) is 1.84. The van der Waals surface area contributed by atoms with Gasteiger partial charge in [0.25, 0.3) is 0 Å². The number of imidazole rings is 1. The van der Waals surface area contributed by atoms with Crippen molar-refractivity contribution in [1.29, 1.82) is 0 Å². The van der Waals surface area contributed by atoms with Gasteiger partial charge >= 0.3 is 0 Å². The van der Waals surface area contributed by atoms with E-state index in [9.17, 15) is 0 Å². The quantitative estimate of drug-likeness (QED) is 0.746. The minimum absolute atomic E-state index is 0.601. The lowest BCUT2D eigenvalue weighted by molar-refractivity contribution is 0.299. The number of aryl methyl sites for hydroxylation is 2. The maximum atomic E-state index is 5.97. The van der Waals surface area contributed by atoms with Gasteiger partial charge in [-0.15, -0.1) is 0 Å². The van der Waals surface area contributed by atoms with Crippen LogP contribution in [0.3, 0.4) is 0 Å². The number of anilines is 1. The lowest BCUT2D eigenvalue weighted by atomic mass is 10.2. The number of ether oxygens (including phenoxy) is 1. The first-order valence-electron chi connectivity index (χ1n) is 7.06. The van der Waals surface area contributed by atoms with E-state index in [1.165, 1.54) is 5.56 Å². The zero-order valence-corrected chi connectivity index (χ0v) is 12.3. The Bertz CT molecular complexity index is 760. The van der Waals surface area contributed by atoms with Crippen LogP contribution in [-0.2, 0) is 6.54 Å². The highest BCUT2D eigenvalue weighted by molar-refractivity contribution is 5.87. The molecule has 1 aromatic heterocycles. The van der Waals surface area contributed by atoms with Crippen LogP contribution in [0.2, 0.25) is 0 Å². The predicted molar refractivity (Wildman–Crippen MR) is 85.6 cm³/mol. The topological polar surface area (TPSA) is 53.1 Å². The molecule has 0 saturated carbocycles. The molecular formula is C17H19N3O. The van der Waals surface area contributed by atoms with Gasteiger partial charge in [0.05, 0.1) is 17.7 Å². The summed E-state index contributed by atoms with van der Waals surface area (Å²) < 4.78 is 7.93. The maximum Gasteiger partial charge on any atom is 0.119 e. The van der Waals surface area contributed by atoms with E-state index in [1.54, 1.807) is 0 Å². The van der Waals surface area contributed by atoms with Gasteiger partial charge in [-0.25, -0.2) is 4.98 Å². The van der Waals surface area contributed by atoms with E-state index in [0.717, 1.165) is 29.2 Å². The number of rotatable bonds is 4. The van der Waals surface area contributed by atoms with Crippen LogP contribution in [0.25, 0.3) is 11.0 Å². The molecule has 0 aliphatic carbocycles. The molecule has 21 heavy (non-hydrogen) atoms. The second-order valence-corrected chi connectivity index (χ2v) is 5.19. The molecule has 108 valence electrons. The van der Waals surface area contributed by atoms with Gasteiger partial charge in [0, 0.05) is 0 Å². The van der Waals surface area contributed by atoms with Gasteiger partial charge in [0.1, 0.15) is 23.7 Å². The molecule has 0 unspecified atom stereocenters. The van der Waals surface area contributed by atoms with Gasteiger partial charge in [-0.2, -0.15) is 0 Å². The highest BCUT2D eigenvalue weighted by atomic mass is 16.5. The number of hydrogen-bond donors (Lipinski definition) is 1. The van der Waals surface area contributed by atoms with Gasteiger partial charge in [-0.05, 0) is 38.1 Å². The van der Waals surface area contributed by atoms with E-state index in [1.807, 2.05) is 49.4 Å². The SMILES string of the molecule is Cc1ccc(OCCn2c(C)nc3c(N)cccc32)cc1. The highest BCUT2D eigenvalue weighted by Gasteiger charge is 2.09. The molecule has 2 N–H and O–H groups in total. The van der Waals surface area contributed by atoms with E-state index >= 15 is 0 Å². The van der Waals surface area contributed by atoms with Crippen LogP contribution in [0.1, 0.15) is 11.4 Å². The summed E-state index contributed by atoms with van der Waals surface area (Å²) in [5.41, 5.74) is 9.83. The average molecular weight is 281 g/mol. The molecule has 0 spiro atoms. The number of nitrogen functional groups attached to an aromatic ring is 1. The van der Waals surface area contributed by atoms with Gasteiger partial charge in [-0.1, -0.05) is 23.8 Å². The lowest BCUT2D eigenvalue weighted by Crippen LogP contribution is -2.09. The smallest absolute Gasteiger partial charge is 0.119 e. The van der Waals surface area contributed by atoms with Crippen molar-refractivity contribution in [2.45, 2.75) is 20.4 Å². The summed E-state index contributed by atoms with van der Waals surface area (Å²) in [4.78, 5) is 4.53. The molecule has 0 amide bonds. The number of nitrogens with zero attached hydrogens (tertiary/aromatic N) is 2. The van der Waals surface area contributed by atoms with Crippen LogP contribution in [0, 0.1) is 13.8 Å². The Morgan fingerprint density at radius 2 is 1.86 bits per heavy atom. The van der Waals surface area contributed by atoms with Crippen LogP contribution in [0.15, 0.2) is 42.5 Å². The van der Waals surface area contributed by atoms with Crippen molar-refractivity contribution in [3.05, 3.63) is 53.9 Å². The Kier molecular flexibility index (Phi) is 3.52. The maximum absolute atomic E-state index is 5.97. The van der Waals surface area contributed by atoms with Gasteiger partial charge in [0.15, 0.2) is 0 Å². The Balaban J connectivity index is 1.75. The fourth-order valence-electron chi connectivity index (χ4n) is 2.46. The summed E-state index contributed by atoms with van der Waals surface area (Å²) in [7, 11) is 0. The van der Waals surface area contributed by atoms with Crippen LogP contribution >= 0.6 is 0 Å². The summed E-state index contributed by atoms with van der Waals surface area (Å²) in [6.07, 6.45) is 0. The largest absolute Gasteiger partial charge is 0.492 e. The average Bonchev–Trinajstić information content (AvgIpc) is 2.79. The van der Waals surface area contributed by atoms with E-state index in [4.69, 9.17) is 10.5 Å². The van der Waals surface area contributed by atoms with Crippen molar-refractivity contribution in [2.75, 3.05) is 12.3 Å². The molecule has 3 aromatic rings. The first-order valence-corrected chi connectivity index (χ1v) is 7.06. The molecule has 2 aromatic carbocycles. The van der Waals surface area contributed by atoms with Crippen LogP contribution < -0.4 is 10.5 Å². The summed E-state index contributed by atoms with van der Waals surface area (Å²) >= 11 is 0. The second-order valence-electron chi connectivity index (χ2n) is 5.19. The molecular weight excluding hydrogens is 262 g/mol. The molecule has 0 bridgehead atoms. The van der Waals surface area contributed by atoms with Crippen LogP contribution in [0.4, 0.5) is 5.69 Å². The Morgan fingerprint density at radius 1 is 1.10 bits per heavy atom. The van der Waals surface area contributed by atoms with Gasteiger partial charge < -0.3 is 15.0 Å². The zero-order valence-electron chi connectivity index (χ0n) is 12.3. The molecule has 3 rings (SSSR count). The highest BCUT2D eigenvalue weighted by Crippen LogP contribution is 2.21. The third-order valence-electron chi connectivity index (χ3n) is 3.61. The fourth-order valence-corrected chi connectivity index (χ4v) is 2.46. The van der Waals surface area contributed by atoms with Crippen molar-refractivity contribution < 1.29 is 4.74 Å². The molecule has 0 aliphatic heterocycles. The number of benzene rings is 2. The first-order chi connectivity index (χ1) is 10.1. The molecule has 0 radical (unpaired) electrons.